The normalized spacial score (nSPS) is 19.6. The van der Waals surface area contributed by atoms with Crippen LogP contribution in [0.1, 0.15) is 34.9 Å². The zero-order valence-corrected chi connectivity index (χ0v) is 15.6. The van der Waals surface area contributed by atoms with E-state index in [1.165, 1.54) is 6.92 Å². The molecule has 1 aliphatic rings. The molecule has 2 amide bonds. The Morgan fingerprint density at radius 3 is 2.67 bits per heavy atom. The SMILES string of the molecule is CC(=O)NC1CN(C(=O)c2nn(C)c3ccccc23)CC1c1ccc(C)o1. The van der Waals surface area contributed by atoms with Crippen molar-refractivity contribution in [3.63, 3.8) is 0 Å². The Morgan fingerprint density at radius 2 is 1.96 bits per heavy atom. The molecule has 2 aromatic heterocycles. The van der Waals surface area contributed by atoms with Crippen LogP contribution in [0.2, 0.25) is 0 Å². The Balaban J connectivity index is 1.65. The van der Waals surface area contributed by atoms with Gasteiger partial charge in [-0.15, -0.1) is 0 Å². The number of nitrogens with one attached hydrogen (secondary N) is 1. The van der Waals surface area contributed by atoms with Crippen LogP contribution in [-0.4, -0.2) is 45.6 Å². The van der Waals surface area contributed by atoms with Crippen LogP contribution in [0.15, 0.2) is 40.8 Å². The maximum absolute atomic E-state index is 13.2. The Kier molecular flexibility index (Phi) is 4.22. The van der Waals surface area contributed by atoms with Crippen molar-refractivity contribution >= 4 is 22.7 Å². The monoisotopic (exact) mass is 366 g/mol. The number of nitrogens with zero attached hydrogens (tertiary/aromatic N) is 3. The fourth-order valence-electron chi connectivity index (χ4n) is 3.84. The number of carbonyl (C=O) groups excluding carboxylic acids is 2. The van der Waals surface area contributed by atoms with Crippen molar-refractivity contribution in [3.05, 3.63) is 53.6 Å². The predicted molar refractivity (Wildman–Crippen MR) is 100 cm³/mol. The highest BCUT2D eigenvalue weighted by Gasteiger charge is 2.39. The molecule has 2 atom stereocenters. The molecule has 3 heterocycles. The van der Waals surface area contributed by atoms with E-state index in [1.807, 2.05) is 50.4 Å². The van der Waals surface area contributed by atoms with E-state index >= 15 is 0 Å². The molecule has 7 nitrogen and oxygen atoms in total. The van der Waals surface area contributed by atoms with Gasteiger partial charge in [-0.25, -0.2) is 0 Å². The first kappa shape index (κ1) is 17.3. The van der Waals surface area contributed by atoms with Crippen molar-refractivity contribution in [2.75, 3.05) is 13.1 Å². The third-order valence-corrected chi connectivity index (χ3v) is 5.08. The molecule has 27 heavy (non-hydrogen) atoms. The maximum atomic E-state index is 13.2. The van der Waals surface area contributed by atoms with Crippen LogP contribution >= 0.6 is 0 Å². The highest BCUT2D eigenvalue weighted by molar-refractivity contribution is 6.05. The zero-order valence-electron chi connectivity index (χ0n) is 15.6. The van der Waals surface area contributed by atoms with Gasteiger partial charge in [-0.1, -0.05) is 18.2 Å². The summed E-state index contributed by atoms with van der Waals surface area (Å²) >= 11 is 0. The lowest BCUT2D eigenvalue weighted by Gasteiger charge is -2.16. The average Bonchev–Trinajstić information content (AvgIpc) is 3.32. The van der Waals surface area contributed by atoms with E-state index in [0.717, 1.165) is 22.4 Å². The lowest BCUT2D eigenvalue weighted by Crippen LogP contribution is -2.39. The van der Waals surface area contributed by atoms with Crippen molar-refractivity contribution in [2.45, 2.75) is 25.8 Å². The van der Waals surface area contributed by atoms with Gasteiger partial charge in [0.25, 0.3) is 5.91 Å². The van der Waals surface area contributed by atoms with Gasteiger partial charge in [0.05, 0.1) is 17.5 Å². The minimum atomic E-state index is -0.188. The summed E-state index contributed by atoms with van der Waals surface area (Å²) in [6, 6.07) is 11.3. The number of hydrogen-bond acceptors (Lipinski definition) is 4. The molecule has 0 radical (unpaired) electrons. The quantitative estimate of drug-likeness (QED) is 0.771. The molecule has 0 saturated carbocycles. The van der Waals surface area contributed by atoms with Crippen LogP contribution in [0.25, 0.3) is 10.9 Å². The van der Waals surface area contributed by atoms with E-state index < -0.39 is 0 Å². The number of fused-ring (bicyclic) bond motifs is 1. The summed E-state index contributed by atoms with van der Waals surface area (Å²) in [5.74, 6) is 1.26. The van der Waals surface area contributed by atoms with Gasteiger partial charge in [0.15, 0.2) is 5.69 Å². The largest absolute Gasteiger partial charge is 0.466 e. The molecule has 7 heteroatoms. The van der Waals surface area contributed by atoms with E-state index in [2.05, 4.69) is 10.4 Å². The van der Waals surface area contributed by atoms with Gasteiger partial charge >= 0.3 is 0 Å². The molecule has 4 rings (SSSR count). The van der Waals surface area contributed by atoms with Gasteiger partial charge in [-0.05, 0) is 25.1 Å². The molecule has 0 aliphatic carbocycles. The molecular formula is C20H22N4O3. The fourth-order valence-corrected chi connectivity index (χ4v) is 3.84. The van der Waals surface area contributed by atoms with E-state index in [9.17, 15) is 9.59 Å². The third kappa shape index (κ3) is 3.09. The number of rotatable bonds is 3. The topological polar surface area (TPSA) is 80.4 Å². The van der Waals surface area contributed by atoms with E-state index in [-0.39, 0.29) is 23.8 Å². The number of para-hydroxylation sites is 1. The van der Waals surface area contributed by atoms with Crippen molar-refractivity contribution in [2.24, 2.45) is 7.05 Å². The molecular weight excluding hydrogens is 344 g/mol. The van der Waals surface area contributed by atoms with E-state index in [4.69, 9.17) is 4.42 Å². The van der Waals surface area contributed by atoms with E-state index in [0.29, 0.717) is 18.8 Å². The molecule has 1 aliphatic heterocycles. The Labute approximate surface area is 156 Å². The summed E-state index contributed by atoms with van der Waals surface area (Å²) in [6.45, 7) is 4.27. The van der Waals surface area contributed by atoms with Gasteiger partial charge < -0.3 is 14.6 Å². The second-order valence-electron chi connectivity index (χ2n) is 7.06. The summed E-state index contributed by atoms with van der Waals surface area (Å²) in [5.41, 5.74) is 1.35. The van der Waals surface area contributed by atoms with Crippen molar-refractivity contribution < 1.29 is 14.0 Å². The lowest BCUT2D eigenvalue weighted by molar-refractivity contribution is -0.119. The Bertz CT molecular complexity index is 1020. The molecule has 2 unspecified atom stereocenters. The van der Waals surface area contributed by atoms with Crippen LogP contribution < -0.4 is 5.32 Å². The molecule has 1 aromatic carbocycles. The third-order valence-electron chi connectivity index (χ3n) is 5.08. The molecule has 3 aromatic rings. The first-order chi connectivity index (χ1) is 12.9. The molecule has 0 bridgehead atoms. The average molecular weight is 366 g/mol. The highest BCUT2D eigenvalue weighted by Crippen LogP contribution is 2.31. The van der Waals surface area contributed by atoms with Crippen molar-refractivity contribution in [3.8, 4) is 0 Å². The van der Waals surface area contributed by atoms with E-state index in [1.54, 1.807) is 9.58 Å². The first-order valence-electron chi connectivity index (χ1n) is 8.98. The molecule has 1 saturated heterocycles. The van der Waals surface area contributed by atoms with Crippen LogP contribution in [0.5, 0.6) is 0 Å². The number of benzene rings is 1. The molecule has 0 spiro atoms. The number of amides is 2. The van der Waals surface area contributed by atoms with Gasteiger partial charge in [-0.2, -0.15) is 5.10 Å². The summed E-state index contributed by atoms with van der Waals surface area (Å²) in [5, 5.41) is 8.23. The number of aromatic nitrogens is 2. The van der Waals surface area contributed by atoms with Crippen LogP contribution in [-0.2, 0) is 11.8 Å². The number of hydrogen-bond donors (Lipinski definition) is 1. The summed E-state index contributed by atoms with van der Waals surface area (Å²) < 4.78 is 7.50. The summed E-state index contributed by atoms with van der Waals surface area (Å²) in [6.07, 6.45) is 0. The number of carbonyl (C=O) groups is 2. The minimum Gasteiger partial charge on any atom is -0.466 e. The van der Waals surface area contributed by atoms with Gasteiger partial charge in [0.1, 0.15) is 11.5 Å². The molecule has 140 valence electrons. The molecule has 1 fully saturated rings. The summed E-state index contributed by atoms with van der Waals surface area (Å²) in [4.78, 5) is 26.6. The maximum Gasteiger partial charge on any atom is 0.275 e. The van der Waals surface area contributed by atoms with Gasteiger partial charge in [0.2, 0.25) is 5.91 Å². The zero-order chi connectivity index (χ0) is 19.1. The van der Waals surface area contributed by atoms with Crippen LogP contribution in [0, 0.1) is 6.92 Å². The van der Waals surface area contributed by atoms with Crippen molar-refractivity contribution in [1.82, 2.24) is 20.0 Å². The number of furan rings is 1. The first-order valence-corrected chi connectivity index (χ1v) is 8.98. The lowest BCUT2D eigenvalue weighted by atomic mass is 10.0. The van der Waals surface area contributed by atoms with Gasteiger partial charge in [-0.3, -0.25) is 14.3 Å². The highest BCUT2D eigenvalue weighted by atomic mass is 16.3. The Hall–Kier alpha value is -3.09. The van der Waals surface area contributed by atoms with Crippen LogP contribution in [0.4, 0.5) is 0 Å². The standard InChI is InChI=1S/C20H22N4O3/c1-12-8-9-18(27-12)15-10-24(11-16(15)21-13(2)25)20(26)19-14-6-4-5-7-17(14)23(3)22-19/h4-9,15-16H,10-11H2,1-3H3,(H,21,25). The van der Waals surface area contributed by atoms with Gasteiger partial charge in [0, 0.05) is 32.4 Å². The molecule has 1 N–H and O–H groups in total. The summed E-state index contributed by atoms with van der Waals surface area (Å²) in [7, 11) is 1.83. The van der Waals surface area contributed by atoms with Crippen molar-refractivity contribution in [1.29, 1.82) is 0 Å². The number of likely N-dealkylation sites (tertiary alicyclic amines) is 1. The van der Waals surface area contributed by atoms with Crippen LogP contribution in [0.3, 0.4) is 0 Å². The minimum absolute atomic E-state index is 0.0819. The smallest absolute Gasteiger partial charge is 0.275 e. The number of aryl methyl sites for hydroxylation is 2. The Morgan fingerprint density at radius 1 is 1.19 bits per heavy atom. The second-order valence-corrected chi connectivity index (χ2v) is 7.06. The predicted octanol–water partition coefficient (Wildman–Crippen LogP) is 2.22. The fraction of sp³-hybridized carbons (Fsp3) is 0.350. The second kappa shape index (κ2) is 6.57.